The molecule has 1 aliphatic rings. The minimum atomic E-state index is -1.40. The number of esters is 1. The maximum atomic E-state index is 12.1. The number of carbonyl (C=O) groups excluding carboxylic acids is 3. The molecule has 0 bridgehead atoms. The third-order valence-electron chi connectivity index (χ3n) is 3.70. The number of rotatable bonds is 7. The standard InChI is InChI=1S/C20H22O5/c1-13(2)10-11-24-16-7-4-15(5-8-16)6-9-17(21)19-18(22)12-14(3)25-20(19)23/h4-9,12-13,19H,10-11H2,1-3H3/b9-6+/t19-/m0/s1. The van der Waals surface area contributed by atoms with Crippen LogP contribution in [0.1, 0.15) is 32.8 Å². The van der Waals surface area contributed by atoms with Crippen LogP contribution in [-0.2, 0) is 19.1 Å². The first-order chi connectivity index (χ1) is 11.9. The maximum absolute atomic E-state index is 12.1. The van der Waals surface area contributed by atoms with Crippen LogP contribution in [0.15, 0.2) is 42.2 Å². The molecular formula is C20H22O5. The van der Waals surface area contributed by atoms with Gasteiger partial charge in [0.05, 0.1) is 6.61 Å². The first-order valence-corrected chi connectivity index (χ1v) is 8.25. The van der Waals surface area contributed by atoms with Gasteiger partial charge in [-0.15, -0.1) is 0 Å². The van der Waals surface area contributed by atoms with Gasteiger partial charge in [0.15, 0.2) is 17.5 Å². The Morgan fingerprint density at radius 2 is 1.92 bits per heavy atom. The number of cyclic esters (lactones) is 1. The second kappa shape index (κ2) is 8.42. The quantitative estimate of drug-likeness (QED) is 0.432. The van der Waals surface area contributed by atoms with E-state index in [1.807, 2.05) is 12.1 Å². The lowest BCUT2D eigenvalue weighted by Gasteiger charge is -2.15. The predicted octanol–water partition coefficient (Wildman–Crippen LogP) is 3.34. The van der Waals surface area contributed by atoms with Crippen LogP contribution in [0.4, 0.5) is 0 Å². The average Bonchev–Trinajstić information content (AvgIpc) is 2.53. The van der Waals surface area contributed by atoms with Gasteiger partial charge in [-0.05, 0) is 43.0 Å². The van der Waals surface area contributed by atoms with Gasteiger partial charge in [-0.3, -0.25) is 14.4 Å². The summed E-state index contributed by atoms with van der Waals surface area (Å²) in [5, 5.41) is 0. The van der Waals surface area contributed by atoms with E-state index in [9.17, 15) is 14.4 Å². The van der Waals surface area contributed by atoms with Gasteiger partial charge < -0.3 is 9.47 Å². The van der Waals surface area contributed by atoms with Crippen LogP contribution in [0.2, 0.25) is 0 Å². The van der Waals surface area contributed by atoms with Crippen molar-refractivity contribution in [3.63, 3.8) is 0 Å². The van der Waals surface area contributed by atoms with E-state index in [1.165, 1.54) is 19.1 Å². The number of allylic oxidation sites excluding steroid dienone is 3. The van der Waals surface area contributed by atoms with Crippen LogP contribution in [-0.4, -0.2) is 24.1 Å². The van der Waals surface area contributed by atoms with Gasteiger partial charge in [0, 0.05) is 6.08 Å². The van der Waals surface area contributed by atoms with Gasteiger partial charge in [-0.1, -0.05) is 32.1 Å². The number of ether oxygens (including phenoxy) is 2. The van der Waals surface area contributed by atoms with E-state index in [2.05, 4.69) is 13.8 Å². The molecule has 0 saturated heterocycles. The lowest BCUT2D eigenvalue weighted by atomic mass is 9.96. The molecule has 0 spiro atoms. The fraction of sp³-hybridized carbons (Fsp3) is 0.350. The zero-order chi connectivity index (χ0) is 18.4. The third-order valence-corrected chi connectivity index (χ3v) is 3.70. The van der Waals surface area contributed by atoms with Crippen LogP contribution in [0.5, 0.6) is 5.75 Å². The van der Waals surface area contributed by atoms with Crippen LogP contribution >= 0.6 is 0 Å². The minimum absolute atomic E-state index is 0.205. The van der Waals surface area contributed by atoms with Crippen molar-refractivity contribution < 1.29 is 23.9 Å². The Bertz CT molecular complexity index is 710. The first-order valence-electron chi connectivity index (χ1n) is 8.25. The fourth-order valence-corrected chi connectivity index (χ4v) is 2.27. The molecule has 2 rings (SSSR count). The molecule has 1 atom stereocenters. The van der Waals surface area contributed by atoms with E-state index >= 15 is 0 Å². The molecule has 0 N–H and O–H groups in total. The summed E-state index contributed by atoms with van der Waals surface area (Å²) in [7, 11) is 0. The highest BCUT2D eigenvalue weighted by Crippen LogP contribution is 2.18. The largest absolute Gasteiger partial charge is 0.494 e. The second-order valence-electron chi connectivity index (χ2n) is 6.35. The minimum Gasteiger partial charge on any atom is -0.494 e. The SMILES string of the molecule is CC1=CC(=O)[C@H](C(=O)/C=C/c2ccc(OCCC(C)C)cc2)C(=O)O1. The Balaban J connectivity index is 1.96. The van der Waals surface area contributed by atoms with Crippen molar-refractivity contribution in [2.24, 2.45) is 11.8 Å². The average molecular weight is 342 g/mol. The maximum Gasteiger partial charge on any atom is 0.329 e. The number of ketones is 2. The Hall–Kier alpha value is -2.69. The lowest BCUT2D eigenvalue weighted by molar-refractivity contribution is -0.151. The Labute approximate surface area is 147 Å². The molecule has 1 heterocycles. The van der Waals surface area contributed by atoms with Crippen molar-refractivity contribution in [2.45, 2.75) is 27.2 Å². The summed E-state index contributed by atoms with van der Waals surface area (Å²) in [5.74, 6) is -1.81. The molecule has 1 aliphatic heterocycles. The normalized spacial score (nSPS) is 17.6. The van der Waals surface area contributed by atoms with Gasteiger partial charge in [-0.2, -0.15) is 0 Å². The van der Waals surface area contributed by atoms with Crippen molar-refractivity contribution in [3.8, 4) is 5.75 Å². The van der Waals surface area contributed by atoms with Crippen LogP contribution in [0.3, 0.4) is 0 Å². The molecule has 132 valence electrons. The molecule has 0 unspecified atom stereocenters. The first kappa shape index (κ1) is 18.6. The van der Waals surface area contributed by atoms with Gasteiger partial charge in [-0.25, -0.2) is 0 Å². The number of hydrogen-bond donors (Lipinski definition) is 0. The molecule has 0 aromatic heterocycles. The second-order valence-corrected chi connectivity index (χ2v) is 6.35. The van der Waals surface area contributed by atoms with E-state index in [-0.39, 0.29) is 5.76 Å². The Kier molecular flexibility index (Phi) is 6.28. The van der Waals surface area contributed by atoms with Crippen LogP contribution in [0, 0.1) is 11.8 Å². The number of carbonyl (C=O) groups is 3. The van der Waals surface area contributed by atoms with Crippen molar-refractivity contribution in [3.05, 3.63) is 47.7 Å². The summed E-state index contributed by atoms with van der Waals surface area (Å²) in [4.78, 5) is 35.6. The lowest BCUT2D eigenvalue weighted by Crippen LogP contribution is -2.34. The highest BCUT2D eigenvalue weighted by molar-refractivity contribution is 6.25. The summed E-state index contributed by atoms with van der Waals surface area (Å²) in [5.41, 5.74) is 0.771. The predicted molar refractivity (Wildman–Crippen MR) is 93.8 cm³/mol. The molecule has 0 amide bonds. The van der Waals surface area contributed by atoms with Crippen LogP contribution in [0.25, 0.3) is 6.08 Å². The van der Waals surface area contributed by atoms with Crippen molar-refractivity contribution in [1.29, 1.82) is 0 Å². The monoisotopic (exact) mass is 342 g/mol. The third kappa shape index (κ3) is 5.41. The summed E-state index contributed by atoms with van der Waals surface area (Å²) >= 11 is 0. The van der Waals surface area contributed by atoms with E-state index < -0.39 is 23.5 Å². The number of hydrogen-bond acceptors (Lipinski definition) is 5. The number of benzene rings is 1. The molecule has 0 fully saturated rings. The fourth-order valence-electron chi connectivity index (χ4n) is 2.27. The zero-order valence-corrected chi connectivity index (χ0v) is 14.7. The molecule has 0 aliphatic carbocycles. The molecule has 1 aromatic carbocycles. The van der Waals surface area contributed by atoms with Crippen molar-refractivity contribution in [1.82, 2.24) is 0 Å². The smallest absolute Gasteiger partial charge is 0.329 e. The van der Waals surface area contributed by atoms with Crippen molar-refractivity contribution in [2.75, 3.05) is 6.61 Å². The molecule has 0 saturated carbocycles. The molecule has 1 aromatic rings. The zero-order valence-electron chi connectivity index (χ0n) is 14.7. The van der Waals surface area contributed by atoms with Crippen LogP contribution < -0.4 is 4.74 Å². The van der Waals surface area contributed by atoms with Crippen molar-refractivity contribution >= 4 is 23.6 Å². The Morgan fingerprint density at radius 3 is 2.52 bits per heavy atom. The molecule has 5 heteroatoms. The van der Waals surface area contributed by atoms with E-state index in [4.69, 9.17) is 9.47 Å². The van der Waals surface area contributed by atoms with Gasteiger partial charge in [0.25, 0.3) is 0 Å². The molecule has 5 nitrogen and oxygen atoms in total. The molecule has 25 heavy (non-hydrogen) atoms. The summed E-state index contributed by atoms with van der Waals surface area (Å²) in [6.45, 7) is 6.43. The van der Waals surface area contributed by atoms with Gasteiger partial charge >= 0.3 is 5.97 Å². The van der Waals surface area contributed by atoms with Gasteiger partial charge in [0.1, 0.15) is 11.5 Å². The summed E-state index contributed by atoms with van der Waals surface area (Å²) in [6, 6.07) is 7.24. The van der Waals surface area contributed by atoms with E-state index in [0.29, 0.717) is 12.5 Å². The summed E-state index contributed by atoms with van der Waals surface area (Å²) < 4.78 is 10.5. The highest BCUT2D eigenvalue weighted by atomic mass is 16.5. The topological polar surface area (TPSA) is 69.7 Å². The van der Waals surface area contributed by atoms with E-state index in [0.717, 1.165) is 17.7 Å². The molecule has 0 radical (unpaired) electrons. The molecular weight excluding hydrogens is 320 g/mol. The van der Waals surface area contributed by atoms with Gasteiger partial charge in [0.2, 0.25) is 0 Å². The summed E-state index contributed by atoms with van der Waals surface area (Å²) in [6.07, 6.45) is 4.94. The Morgan fingerprint density at radius 1 is 1.24 bits per heavy atom. The highest BCUT2D eigenvalue weighted by Gasteiger charge is 2.36. The van der Waals surface area contributed by atoms with E-state index in [1.54, 1.807) is 18.2 Å².